The fourth-order valence-corrected chi connectivity index (χ4v) is 5.31. The van der Waals surface area contributed by atoms with Gasteiger partial charge in [0.1, 0.15) is 0 Å². The van der Waals surface area contributed by atoms with Crippen molar-refractivity contribution in [1.82, 2.24) is 0 Å². The van der Waals surface area contributed by atoms with E-state index in [0.29, 0.717) is 0 Å². The Morgan fingerprint density at radius 2 is 1.06 bits per heavy atom. The molecular weight excluding hydrogens is 585 g/mol. The van der Waals surface area contributed by atoms with Crippen molar-refractivity contribution in [1.29, 1.82) is 0 Å². The Kier molecular flexibility index (Phi) is 12.3. The molecule has 0 fully saturated rings. The molecule has 4 aromatic carbocycles. The summed E-state index contributed by atoms with van der Waals surface area (Å²) in [6.45, 7) is 4.10. The van der Waals surface area contributed by atoms with Crippen LogP contribution in [0, 0.1) is 6.92 Å². The van der Waals surface area contributed by atoms with Gasteiger partial charge in [-0.05, 0) is 58.5 Å². The van der Waals surface area contributed by atoms with E-state index in [2.05, 4.69) is 71.5 Å². The average Bonchev–Trinajstić information content (AvgIpc) is 2.92. The Bertz CT molecular complexity index is 1120. The van der Waals surface area contributed by atoms with E-state index in [1.165, 1.54) is 32.9 Å². The van der Waals surface area contributed by atoms with Crippen LogP contribution in [-0.4, -0.2) is 0 Å². The minimum atomic E-state index is -0.302. The summed E-state index contributed by atoms with van der Waals surface area (Å²) in [6, 6.07) is 33.4. The second-order valence-electron chi connectivity index (χ2n) is 8.97. The molecule has 8 rings (SSSR count). The summed E-state index contributed by atoms with van der Waals surface area (Å²) in [4.78, 5) is 0. The van der Waals surface area contributed by atoms with E-state index < -0.39 is 0 Å². The van der Waals surface area contributed by atoms with Gasteiger partial charge in [-0.15, -0.1) is 24.5 Å². The number of hydrogen-bond acceptors (Lipinski definition) is 0. The molecule has 187 valence electrons. The van der Waals surface area contributed by atoms with Gasteiger partial charge in [-0.2, -0.15) is 5.92 Å². The number of nitrogens with one attached hydrogen (secondary N) is 1. The zero-order chi connectivity index (χ0) is 25.9. The summed E-state index contributed by atoms with van der Waals surface area (Å²) in [5, 5.41) is 2.74. The molecule has 4 aliphatic rings. The zero-order valence-corrected chi connectivity index (χ0v) is 25.1. The van der Waals surface area contributed by atoms with Gasteiger partial charge in [-0.25, -0.2) is 0 Å². The van der Waals surface area contributed by atoms with Crippen LogP contribution in [0.25, 0.3) is 5.73 Å². The molecule has 0 spiro atoms. The normalized spacial score (nSPS) is 13.7. The van der Waals surface area contributed by atoms with Gasteiger partial charge in [-0.1, -0.05) is 108 Å². The third kappa shape index (κ3) is 8.31. The van der Waals surface area contributed by atoms with Crippen LogP contribution >= 0.6 is 28.2 Å². The van der Waals surface area contributed by atoms with Gasteiger partial charge in [0.15, 0.2) is 0 Å². The first-order valence-corrected chi connectivity index (χ1v) is 15.4. The van der Waals surface area contributed by atoms with Crippen LogP contribution in [0.15, 0.2) is 97.1 Å². The summed E-state index contributed by atoms with van der Waals surface area (Å²) in [5.74, 6) is -0.0244. The molecule has 4 aliphatic carbocycles. The monoisotopic (exact) mass is 618 g/mol. The van der Waals surface area contributed by atoms with E-state index in [1.807, 2.05) is 78.0 Å². The maximum absolute atomic E-state index is 8.19. The predicted octanol–water partition coefficient (Wildman–Crippen LogP) is 7.66. The van der Waals surface area contributed by atoms with Crippen molar-refractivity contribution in [2.75, 3.05) is 0 Å². The number of halogens is 1. The molecule has 0 aromatic heterocycles. The Hall–Kier alpha value is -1.39. The second-order valence-corrected chi connectivity index (χ2v) is 10.2. The third-order valence-electron chi connectivity index (χ3n) is 6.58. The first-order valence-electron chi connectivity index (χ1n) is 12.0. The number of benzene rings is 4. The molecular formula is C31H33ClNP2Ru. The molecule has 1 nitrogen and oxygen atoms in total. The standard InChI is InChI=1S/C16H18P2.C15H15N.ClH.Ru/c17-15-9-11-1-5-13(15)8-4-12-2-6-14(7-3-11)16(18)10-12;1-12(13-8-4-2-5-9-13)15(16)14-10-6-3-7-11-14;;/h1-2,5-6,9-10H,3-4,7-8,17-18H2;2-12,15-16H,1H2;1H;/q;-2;;+3/p-1/t;12-,15+;;/m.1../s1. The molecule has 4 bridgehead atoms. The van der Waals surface area contributed by atoms with Gasteiger partial charge in [-0.3, -0.25) is 0 Å². The number of hydrogen-bond donors (Lipinski definition) is 0. The maximum atomic E-state index is 8.19. The van der Waals surface area contributed by atoms with Crippen molar-refractivity contribution in [3.05, 3.63) is 143 Å². The van der Waals surface area contributed by atoms with Gasteiger partial charge in [0.25, 0.3) is 0 Å². The third-order valence-corrected chi connectivity index (χ3v) is 7.65. The van der Waals surface area contributed by atoms with Crippen molar-refractivity contribution in [3.8, 4) is 0 Å². The van der Waals surface area contributed by atoms with Crippen molar-refractivity contribution in [2.45, 2.75) is 37.6 Å². The average molecular weight is 618 g/mol. The van der Waals surface area contributed by atoms with Gasteiger partial charge in [0.05, 0.1) is 0 Å². The second kappa shape index (κ2) is 15.1. The predicted molar refractivity (Wildman–Crippen MR) is 160 cm³/mol. The summed E-state index contributed by atoms with van der Waals surface area (Å²) in [5.41, 5.74) is 16.1. The first-order chi connectivity index (χ1) is 17.5. The van der Waals surface area contributed by atoms with Crippen molar-refractivity contribution in [3.63, 3.8) is 0 Å². The number of rotatable bonds is 3. The molecule has 1 N–H and O–H groups in total. The first kappa shape index (κ1) is 29.2. The van der Waals surface area contributed by atoms with Crippen LogP contribution in [0.2, 0.25) is 0 Å². The van der Waals surface area contributed by atoms with Crippen LogP contribution in [0.5, 0.6) is 0 Å². The van der Waals surface area contributed by atoms with Crippen LogP contribution in [0.4, 0.5) is 0 Å². The molecule has 4 atom stereocenters. The van der Waals surface area contributed by atoms with E-state index in [-0.39, 0.29) is 12.0 Å². The minimum absolute atomic E-state index is 0.0244. The van der Waals surface area contributed by atoms with E-state index in [1.54, 1.807) is 0 Å². The Balaban J connectivity index is 0.000000189. The van der Waals surface area contributed by atoms with Crippen molar-refractivity contribution in [2.24, 2.45) is 0 Å². The topological polar surface area (TPSA) is 23.8 Å². The summed E-state index contributed by atoms with van der Waals surface area (Å²) in [7, 11) is 10.3. The van der Waals surface area contributed by atoms with E-state index >= 15 is 0 Å². The molecule has 0 aliphatic heterocycles. The Labute approximate surface area is 235 Å². The molecule has 0 radical (unpaired) electrons. The fourth-order valence-electron chi connectivity index (χ4n) is 4.40. The Morgan fingerprint density at radius 3 is 1.47 bits per heavy atom. The molecule has 36 heavy (non-hydrogen) atoms. The van der Waals surface area contributed by atoms with E-state index in [0.717, 1.165) is 36.8 Å². The van der Waals surface area contributed by atoms with Crippen LogP contribution in [0.1, 0.15) is 45.3 Å². The summed E-state index contributed by atoms with van der Waals surface area (Å²) < 4.78 is 0. The van der Waals surface area contributed by atoms with E-state index in [9.17, 15) is 0 Å². The van der Waals surface area contributed by atoms with Gasteiger partial charge in [0.2, 0.25) is 0 Å². The summed E-state index contributed by atoms with van der Waals surface area (Å²) >= 11 is 1.82. The van der Waals surface area contributed by atoms with Gasteiger partial charge >= 0.3 is 27.0 Å². The van der Waals surface area contributed by atoms with Gasteiger partial charge in [0, 0.05) is 0 Å². The van der Waals surface area contributed by atoms with E-state index in [4.69, 9.17) is 5.73 Å². The molecule has 5 heteroatoms. The van der Waals surface area contributed by atoms with Crippen molar-refractivity contribution < 1.29 is 17.3 Å². The van der Waals surface area contributed by atoms with Crippen LogP contribution < -0.4 is 10.6 Å². The molecule has 0 amide bonds. The number of aryl methyl sites for hydroxylation is 4. The van der Waals surface area contributed by atoms with Gasteiger partial charge < -0.3 is 12.7 Å². The SMILES string of the molecule is Pc1cc2ccc1CCc1ccc(c(P)c1)CC2.[CH2-][C@H](c1ccccc1)[C@H]([NH-])c1ccccc1.[Cl][Ru+2]. The van der Waals surface area contributed by atoms with Crippen LogP contribution in [0.3, 0.4) is 0 Å². The quantitative estimate of drug-likeness (QED) is 0.128. The molecule has 0 heterocycles. The molecule has 0 saturated carbocycles. The van der Waals surface area contributed by atoms with Crippen LogP contribution in [-0.2, 0) is 43.0 Å². The summed E-state index contributed by atoms with van der Waals surface area (Å²) in [6.07, 6.45) is 4.51. The van der Waals surface area contributed by atoms with Crippen molar-refractivity contribution >= 4 is 38.8 Å². The Morgan fingerprint density at radius 1 is 0.639 bits per heavy atom. The molecule has 4 aromatic rings. The molecule has 0 saturated heterocycles. The zero-order valence-electron chi connectivity index (χ0n) is 20.3. The molecule has 2 unspecified atom stereocenters. The fraction of sp³-hybridized carbons (Fsp3) is 0.194.